The van der Waals surface area contributed by atoms with Crippen molar-refractivity contribution in [3.63, 3.8) is 0 Å². The molecule has 2 fully saturated rings. The van der Waals surface area contributed by atoms with Gasteiger partial charge in [0, 0.05) is 25.9 Å². The zero-order valence-corrected chi connectivity index (χ0v) is 11.3. The average molecular weight is 266 g/mol. The van der Waals surface area contributed by atoms with E-state index in [1.165, 1.54) is 12.8 Å². The van der Waals surface area contributed by atoms with Crippen molar-refractivity contribution in [3.8, 4) is 0 Å². The second-order valence-corrected chi connectivity index (χ2v) is 5.78. The second-order valence-electron chi connectivity index (χ2n) is 5.39. The van der Waals surface area contributed by atoms with Crippen molar-refractivity contribution >= 4 is 18.1 Å². The maximum Gasteiger partial charge on any atom is 0.223 e. The van der Waals surface area contributed by atoms with Crippen molar-refractivity contribution in [2.75, 3.05) is 6.54 Å². The number of H-pyrrole nitrogens is 1. The Kier molecular flexibility index (Phi) is 2.97. The van der Waals surface area contributed by atoms with Gasteiger partial charge < -0.3 is 9.88 Å². The number of carbonyl (C=O) groups excluding carboxylic acids is 1. The Labute approximate surface area is 111 Å². The molecule has 2 aliphatic rings. The van der Waals surface area contributed by atoms with Gasteiger partial charge >= 0.3 is 0 Å². The van der Waals surface area contributed by atoms with Crippen molar-refractivity contribution < 1.29 is 4.79 Å². The van der Waals surface area contributed by atoms with E-state index < -0.39 is 0 Å². The van der Waals surface area contributed by atoms with Crippen LogP contribution in [0.3, 0.4) is 0 Å². The smallest absolute Gasteiger partial charge is 0.223 e. The Morgan fingerprint density at radius 1 is 1.61 bits per heavy atom. The van der Waals surface area contributed by atoms with Crippen LogP contribution in [0.5, 0.6) is 0 Å². The normalized spacial score (nSPS) is 26.1. The van der Waals surface area contributed by atoms with Crippen LogP contribution in [0.4, 0.5) is 0 Å². The first-order valence-corrected chi connectivity index (χ1v) is 6.95. The molecule has 0 bridgehead atoms. The van der Waals surface area contributed by atoms with Crippen LogP contribution in [0.2, 0.25) is 0 Å². The molecule has 18 heavy (non-hydrogen) atoms. The van der Waals surface area contributed by atoms with Gasteiger partial charge in [-0.1, -0.05) is 0 Å². The van der Waals surface area contributed by atoms with Crippen LogP contribution in [0.25, 0.3) is 0 Å². The van der Waals surface area contributed by atoms with Gasteiger partial charge in [0.25, 0.3) is 0 Å². The van der Waals surface area contributed by atoms with Crippen molar-refractivity contribution in [2.24, 2.45) is 24.8 Å². The average Bonchev–Trinajstić information content (AvgIpc) is 3.23. The Bertz CT molecular complexity index is 516. The molecule has 6 heteroatoms. The first kappa shape index (κ1) is 11.9. The third-order valence-electron chi connectivity index (χ3n) is 4.02. The Hall–Kier alpha value is -1.17. The number of rotatable bonds is 5. The molecule has 0 spiro atoms. The second kappa shape index (κ2) is 4.50. The zero-order valence-electron chi connectivity index (χ0n) is 10.5. The third-order valence-corrected chi connectivity index (χ3v) is 4.39. The van der Waals surface area contributed by atoms with Gasteiger partial charge in [0.2, 0.25) is 5.91 Å². The number of nitrogens with one attached hydrogen (secondary N) is 2. The Balaban J connectivity index is 1.43. The highest BCUT2D eigenvalue weighted by molar-refractivity contribution is 7.71. The van der Waals surface area contributed by atoms with Gasteiger partial charge in [-0.3, -0.25) is 9.89 Å². The molecule has 2 N–H and O–H groups in total. The van der Waals surface area contributed by atoms with Crippen molar-refractivity contribution in [3.05, 3.63) is 10.6 Å². The summed E-state index contributed by atoms with van der Waals surface area (Å²) < 4.78 is 2.46. The lowest BCUT2D eigenvalue weighted by atomic mass is 10.2. The van der Waals surface area contributed by atoms with E-state index >= 15 is 0 Å². The van der Waals surface area contributed by atoms with Gasteiger partial charge in [0.1, 0.15) is 5.82 Å². The van der Waals surface area contributed by atoms with Crippen molar-refractivity contribution in [1.82, 2.24) is 20.1 Å². The predicted octanol–water partition coefficient (Wildman–Crippen LogP) is 1.18. The monoisotopic (exact) mass is 266 g/mol. The van der Waals surface area contributed by atoms with E-state index in [2.05, 4.69) is 15.5 Å². The molecule has 0 radical (unpaired) electrons. The molecule has 5 nitrogen and oxygen atoms in total. The molecule has 1 aromatic heterocycles. The van der Waals surface area contributed by atoms with Gasteiger partial charge in [-0.05, 0) is 43.3 Å². The quantitative estimate of drug-likeness (QED) is 0.787. The van der Waals surface area contributed by atoms with E-state index in [4.69, 9.17) is 12.2 Å². The summed E-state index contributed by atoms with van der Waals surface area (Å²) in [5.41, 5.74) is 0. The molecular weight excluding hydrogens is 248 g/mol. The highest BCUT2D eigenvalue weighted by atomic mass is 32.1. The molecule has 0 unspecified atom stereocenters. The van der Waals surface area contributed by atoms with E-state index in [-0.39, 0.29) is 5.91 Å². The van der Waals surface area contributed by atoms with Gasteiger partial charge in [0.15, 0.2) is 4.77 Å². The topological polar surface area (TPSA) is 62.7 Å². The SMILES string of the molecule is Cn1c(CCNC(=O)[C@H]2C[C@@H]2C2CC2)n[nH]c1=S. The van der Waals surface area contributed by atoms with E-state index in [0.29, 0.717) is 23.2 Å². The number of hydrogen-bond donors (Lipinski definition) is 2. The minimum atomic E-state index is 0.226. The number of aromatic amines is 1. The molecular formula is C12H18N4OS. The summed E-state index contributed by atoms with van der Waals surface area (Å²) >= 11 is 5.04. The predicted molar refractivity (Wildman–Crippen MR) is 69.4 cm³/mol. The molecule has 1 aromatic rings. The van der Waals surface area contributed by atoms with Crippen LogP contribution in [0.1, 0.15) is 25.1 Å². The lowest BCUT2D eigenvalue weighted by molar-refractivity contribution is -0.122. The van der Waals surface area contributed by atoms with Crippen LogP contribution >= 0.6 is 12.2 Å². The van der Waals surface area contributed by atoms with E-state index in [1.54, 1.807) is 0 Å². The van der Waals surface area contributed by atoms with Crippen LogP contribution < -0.4 is 5.32 Å². The first-order valence-electron chi connectivity index (χ1n) is 6.55. The standard InChI is InChI=1S/C12H18N4OS/c1-16-10(14-15-12(16)18)4-5-13-11(17)9-6-8(9)7-2-3-7/h7-9H,2-6H2,1H3,(H,13,17)(H,15,18)/t8-,9+/m1/s1. The minimum Gasteiger partial charge on any atom is -0.355 e. The highest BCUT2D eigenvalue weighted by Gasteiger charge is 2.50. The van der Waals surface area contributed by atoms with E-state index in [0.717, 1.165) is 24.6 Å². The largest absolute Gasteiger partial charge is 0.355 e. The molecule has 3 rings (SSSR count). The summed E-state index contributed by atoms with van der Waals surface area (Å²) in [5, 5.41) is 9.87. The fourth-order valence-corrected chi connectivity index (χ4v) is 2.74. The number of amides is 1. The number of carbonyl (C=O) groups is 1. The Morgan fingerprint density at radius 2 is 2.39 bits per heavy atom. The molecule has 0 saturated heterocycles. The minimum absolute atomic E-state index is 0.226. The maximum absolute atomic E-state index is 11.9. The molecule has 1 heterocycles. The van der Waals surface area contributed by atoms with Crippen LogP contribution in [-0.4, -0.2) is 27.2 Å². The van der Waals surface area contributed by atoms with Crippen LogP contribution in [0, 0.1) is 22.5 Å². The molecule has 2 aliphatic carbocycles. The molecule has 1 amide bonds. The summed E-state index contributed by atoms with van der Waals surface area (Å²) in [6, 6.07) is 0. The molecule has 2 saturated carbocycles. The van der Waals surface area contributed by atoms with Gasteiger partial charge in [-0.25, -0.2) is 0 Å². The van der Waals surface area contributed by atoms with Gasteiger partial charge in [0.05, 0.1) is 0 Å². The summed E-state index contributed by atoms with van der Waals surface area (Å²) in [5.74, 6) is 2.94. The van der Waals surface area contributed by atoms with E-state index in [9.17, 15) is 4.79 Å². The van der Waals surface area contributed by atoms with E-state index in [1.807, 2.05) is 11.6 Å². The zero-order chi connectivity index (χ0) is 12.7. The molecule has 0 aliphatic heterocycles. The third kappa shape index (κ3) is 2.34. The summed E-state index contributed by atoms with van der Waals surface area (Å²) in [6.45, 7) is 0.639. The lowest BCUT2D eigenvalue weighted by Gasteiger charge is -2.04. The summed E-state index contributed by atoms with van der Waals surface area (Å²) in [6.07, 6.45) is 4.48. The lowest BCUT2D eigenvalue weighted by Crippen LogP contribution is -2.28. The Morgan fingerprint density at radius 3 is 3.00 bits per heavy atom. The molecule has 98 valence electrons. The van der Waals surface area contributed by atoms with Gasteiger partial charge in [-0.2, -0.15) is 5.10 Å². The molecule has 2 atom stereocenters. The first-order chi connectivity index (χ1) is 8.66. The fourth-order valence-electron chi connectivity index (χ4n) is 2.59. The van der Waals surface area contributed by atoms with Crippen molar-refractivity contribution in [2.45, 2.75) is 25.7 Å². The highest BCUT2D eigenvalue weighted by Crippen LogP contribution is 2.54. The molecule has 0 aromatic carbocycles. The summed E-state index contributed by atoms with van der Waals surface area (Å²) in [7, 11) is 1.88. The van der Waals surface area contributed by atoms with Crippen LogP contribution in [0.15, 0.2) is 0 Å². The summed E-state index contributed by atoms with van der Waals surface area (Å²) in [4.78, 5) is 11.9. The number of aromatic nitrogens is 3. The van der Waals surface area contributed by atoms with Crippen molar-refractivity contribution in [1.29, 1.82) is 0 Å². The van der Waals surface area contributed by atoms with Crippen LogP contribution in [-0.2, 0) is 18.3 Å². The number of nitrogens with zero attached hydrogens (tertiary/aromatic N) is 2. The van der Waals surface area contributed by atoms with Gasteiger partial charge in [-0.15, -0.1) is 0 Å². The number of hydrogen-bond acceptors (Lipinski definition) is 3. The maximum atomic E-state index is 11.9. The fraction of sp³-hybridized carbons (Fsp3) is 0.750.